The zero-order valence-corrected chi connectivity index (χ0v) is 18.4. The van der Waals surface area contributed by atoms with Gasteiger partial charge in [-0.1, -0.05) is 46.3 Å². The molecule has 0 bridgehead atoms. The van der Waals surface area contributed by atoms with Crippen molar-refractivity contribution < 1.29 is 9.90 Å². The summed E-state index contributed by atoms with van der Waals surface area (Å²) in [5.74, 6) is 0.222. The molecule has 2 N–H and O–H groups in total. The maximum atomic E-state index is 12.7. The van der Waals surface area contributed by atoms with Gasteiger partial charge in [0.25, 0.3) is 0 Å². The minimum atomic E-state index is -0.434. The first-order valence-corrected chi connectivity index (χ1v) is 10.8. The van der Waals surface area contributed by atoms with Crippen molar-refractivity contribution in [3.05, 3.63) is 63.0 Å². The van der Waals surface area contributed by atoms with E-state index in [1.807, 2.05) is 55.5 Å². The number of likely N-dealkylation sites (tertiary alicyclic amines) is 1. The third-order valence-electron chi connectivity index (χ3n) is 5.28. The first-order chi connectivity index (χ1) is 13.0. The molecule has 3 rings (SSSR count). The highest BCUT2D eigenvalue weighted by molar-refractivity contribution is 9.11. The number of anilines is 1. The molecule has 1 aliphatic heterocycles. The number of nitrogens with one attached hydrogen (secondary N) is 1. The molecule has 0 aliphatic carbocycles. The average Bonchev–Trinajstić information content (AvgIpc) is 2.69. The number of rotatable bonds is 5. The third kappa shape index (κ3) is 5.19. The second kappa shape index (κ2) is 9.32. The molecule has 2 unspecified atom stereocenters. The van der Waals surface area contributed by atoms with Gasteiger partial charge in [-0.15, -0.1) is 0 Å². The van der Waals surface area contributed by atoms with E-state index in [-0.39, 0.29) is 17.9 Å². The molecule has 1 fully saturated rings. The van der Waals surface area contributed by atoms with E-state index in [2.05, 4.69) is 42.1 Å². The molecule has 6 heteroatoms. The molecule has 0 aromatic heterocycles. The number of aliphatic hydroxyl groups is 1. The number of aliphatic hydroxyl groups excluding tert-OH is 1. The van der Waals surface area contributed by atoms with E-state index in [9.17, 15) is 9.90 Å². The first-order valence-electron chi connectivity index (χ1n) is 9.18. The lowest BCUT2D eigenvalue weighted by Crippen LogP contribution is -2.46. The fraction of sp³-hybridized carbons (Fsp3) is 0.381. The maximum Gasteiger partial charge on any atom is 0.241 e. The van der Waals surface area contributed by atoms with Crippen LogP contribution >= 0.6 is 31.9 Å². The summed E-state index contributed by atoms with van der Waals surface area (Å²) in [6, 6.07) is 15.3. The number of benzene rings is 2. The fourth-order valence-electron chi connectivity index (χ4n) is 3.54. The van der Waals surface area contributed by atoms with Crippen LogP contribution in [0.5, 0.6) is 0 Å². The second-order valence-electron chi connectivity index (χ2n) is 7.02. The Morgan fingerprint density at radius 2 is 1.81 bits per heavy atom. The Bertz CT molecular complexity index is 777. The molecule has 1 aliphatic rings. The fourth-order valence-corrected chi connectivity index (χ4v) is 4.68. The summed E-state index contributed by atoms with van der Waals surface area (Å²) >= 11 is 6.90. The molecule has 27 heavy (non-hydrogen) atoms. The molecule has 144 valence electrons. The summed E-state index contributed by atoms with van der Waals surface area (Å²) < 4.78 is 1.81. The van der Waals surface area contributed by atoms with Gasteiger partial charge < -0.3 is 10.4 Å². The normalized spacial score (nSPS) is 18.1. The number of hydrogen-bond acceptors (Lipinski definition) is 3. The quantitative estimate of drug-likeness (QED) is 0.614. The minimum absolute atomic E-state index is 0.0138. The van der Waals surface area contributed by atoms with Crippen LogP contribution in [0, 0.1) is 5.92 Å². The summed E-state index contributed by atoms with van der Waals surface area (Å²) in [6.45, 7) is 3.56. The number of nitrogens with zero attached hydrogens (tertiary/aromatic N) is 1. The summed E-state index contributed by atoms with van der Waals surface area (Å²) in [4.78, 5) is 14.8. The SMILES string of the molecule is CC(C(=O)Nc1ccc(Br)cc1Br)N1CCC(C(O)c2ccccc2)CC1. The minimum Gasteiger partial charge on any atom is -0.388 e. The number of piperidine rings is 1. The molecule has 1 saturated heterocycles. The number of halogens is 2. The monoisotopic (exact) mass is 494 g/mol. The lowest BCUT2D eigenvalue weighted by atomic mass is 9.87. The summed E-state index contributed by atoms with van der Waals surface area (Å²) in [5, 5.41) is 13.6. The van der Waals surface area contributed by atoms with Crippen molar-refractivity contribution in [3.8, 4) is 0 Å². The molecule has 4 nitrogen and oxygen atoms in total. The highest BCUT2D eigenvalue weighted by atomic mass is 79.9. The van der Waals surface area contributed by atoms with Gasteiger partial charge in [0.2, 0.25) is 5.91 Å². The first kappa shape index (κ1) is 20.5. The Morgan fingerprint density at radius 1 is 1.15 bits per heavy atom. The van der Waals surface area contributed by atoms with Gasteiger partial charge in [0.05, 0.1) is 17.8 Å². The lowest BCUT2D eigenvalue weighted by Gasteiger charge is -2.37. The number of amides is 1. The van der Waals surface area contributed by atoms with Crippen molar-refractivity contribution in [3.63, 3.8) is 0 Å². The van der Waals surface area contributed by atoms with E-state index in [1.165, 1.54) is 0 Å². The number of hydrogen-bond donors (Lipinski definition) is 2. The van der Waals surface area contributed by atoms with Crippen molar-refractivity contribution in [2.45, 2.75) is 31.9 Å². The average molecular weight is 496 g/mol. The van der Waals surface area contributed by atoms with Crippen LogP contribution in [0.1, 0.15) is 31.4 Å². The third-order valence-corrected chi connectivity index (χ3v) is 6.43. The van der Waals surface area contributed by atoms with Crippen LogP contribution in [0.2, 0.25) is 0 Å². The van der Waals surface area contributed by atoms with Crippen LogP contribution in [-0.4, -0.2) is 35.0 Å². The predicted octanol–water partition coefficient (Wildman–Crippen LogP) is 4.98. The molecular formula is C21H24Br2N2O2. The van der Waals surface area contributed by atoms with Crippen LogP contribution in [-0.2, 0) is 4.79 Å². The van der Waals surface area contributed by atoms with E-state index in [0.717, 1.165) is 46.1 Å². The zero-order chi connectivity index (χ0) is 19.4. The Morgan fingerprint density at radius 3 is 2.44 bits per heavy atom. The molecule has 2 atom stereocenters. The van der Waals surface area contributed by atoms with E-state index in [1.54, 1.807) is 0 Å². The van der Waals surface area contributed by atoms with Gasteiger partial charge >= 0.3 is 0 Å². The van der Waals surface area contributed by atoms with Crippen molar-refractivity contribution in [2.75, 3.05) is 18.4 Å². The van der Waals surface area contributed by atoms with Crippen LogP contribution < -0.4 is 5.32 Å². The van der Waals surface area contributed by atoms with E-state index in [0.29, 0.717) is 0 Å². The van der Waals surface area contributed by atoms with Gasteiger partial charge in [0.15, 0.2) is 0 Å². The molecule has 1 heterocycles. The van der Waals surface area contributed by atoms with Crippen molar-refractivity contribution >= 4 is 43.5 Å². The van der Waals surface area contributed by atoms with E-state index >= 15 is 0 Å². The highest BCUT2D eigenvalue weighted by Crippen LogP contribution is 2.31. The largest absolute Gasteiger partial charge is 0.388 e. The van der Waals surface area contributed by atoms with Crippen molar-refractivity contribution in [2.24, 2.45) is 5.92 Å². The van der Waals surface area contributed by atoms with Crippen LogP contribution in [0.4, 0.5) is 5.69 Å². The topological polar surface area (TPSA) is 52.6 Å². The van der Waals surface area contributed by atoms with Gasteiger partial charge in [-0.05, 0) is 78.5 Å². The lowest BCUT2D eigenvalue weighted by molar-refractivity contribution is -0.121. The van der Waals surface area contributed by atoms with Crippen LogP contribution in [0.25, 0.3) is 0 Å². The van der Waals surface area contributed by atoms with Gasteiger partial charge in [0, 0.05) is 8.95 Å². The summed E-state index contributed by atoms with van der Waals surface area (Å²) in [6.07, 6.45) is 1.34. The number of carbonyl (C=O) groups is 1. The Labute approximate surface area is 177 Å². The van der Waals surface area contributed by atoms with Crippen LogP contribution in [0.15, 0.2) is 57.5 Å². The van der Waals surface area contributed by atoms with Crippen LogP contribution in [0.3, 0.4) is 0 Å². The molecular weight excluding hydrogens is 472 g/mol. The van der Waals surface area contributed by atoms with Gasteiger partial charge in [-0.3, -0.25) is 9.69 Å². The van der Waals surface area contributed by atoms with Gasteiger partial charge in [-0.25, -0.2) is 0 Å². The zero-order valence-electron chi connectivity index (χ0n) is 15.2. The summed E-state index contributed by atoms with van der Waals surface area (Å²) in [7, 11) is 0. The van der Waals surface area contributed by atoms with E-state index in [4.69, 9.17) is 0 Å². The Kier molecular flexibility index (Phi) is 7.09. The molecule has 2 aromatic rings. The van der Waals surface area contributed by atoms with Crippen molar-refractivity contribution in [1.29, 1.82) is 0 Å². The smallest absolute Gasteiger partial charge is 0.241 e. The highest BCUT2D eigenvalue weighted by Gasteiger charge is 2.30. The Hall–Kier alpha value is -1.21. The summed E-state index contributed by atoms with van der Waals surface area (Å²) in [5.41, 5.74) is 1.74. The maximum absolute atomic E-state index is 12.7. The number of carbonyl (C=O) groups excluding carboxylic acids is 1. The van der Waals surface area contributed by atoms with Gasteiger partial charge in [-0.2, -0.15) is 0 Å². The molecule has 2 aromatic carbocycles. The second-order valence-corrected chi connectivity index (χ2v) is 8.79. The molecule has 0 spiro atoms. The molecule has 0 radical (unpaired) electrons. The standard InChI is InChI=1S/C21H24Br2N2O2/c1-14(21(27)24-19-8-7-17(22)13-18(19)23)25-11-9-16(10-12-25)20(26)15-5-3-2-4-6-15/h2-8,13-14,16,20,26H,9-12H2,1H3,(H,24,27). The van der Waals surface area contributed by atoms with E-state index < -0.39 is 6.10 Å². The van der Waals surface area contributed by atoms with Gasteiger partial charge in [0.1, 0.15) is 0 Å². The molecule has 0 saturated carbocycles. The Balaban J connectivity index is 1.54. The predicted molar refractivity (Wildman–Crippen MR) is 116 cm³/mol. The molecule has 1 amide bonds. The van der Waals surface area contributed by atoms with Crippen molar-refractivity contribution in [1.82, 2.24) is 4.90 Å².